The molecule has 0 atom stereocenters. The fraction of sp³-hybridized carbons (Fsp3) is 0.333. The molecular formula is C39H48N4O8S2. The number of fused-ring (bicyclic) bond motifs is 2. The molecule has 284 valence electrons. The van der Waals surface area contributed by atoms with E-state index in [1.807, 2.05) is 38.1 Å². The van der Waals surface area contributed by atoms with Crippen LogP contribution in [-0.2, 0) is 25.5 Å². The van der Waals surface area contributed by atoms with Gasteiger partial charge in [-0.1, -0.05) is 70.2 Å². The van der Waals surface area contributed by atoms with Crippen molar-refractivity contribution in [1.29, 1.82) is 0 Å². The number of nitrogen functional groups attached to an aromatic ring is 1. The molecule has 1 aliphatic rings. The van der Waals surface area contributed by atoms with E-state index in [-0.39, 0.29) is 62.8 Å². The Morgan fingerprint density at radius 1 is 0.811 bits per heavy atom. The molecule has 0 saturated carbocycles. The van der Waals surface area contributed by atoms with Gasteiger partial charge < -0.3 is 20.9 Å². The highest BCUT2D eigenvalue weighted by molar-refractivity contribution is 7.89. The lowest BCUT2D eigenvalue weighted by Crippen LogP contribution is -2.28. The second-order valence-corrected chi connectivity index (χ2v) is 17.5. The number of aliphatic hydroxyl groups is 1. The van der Waals surface area contributed by atoms with Crippen LogP contribution < -0.4 is 25.2 Å². The van der Waals surface area contributed by atoms with Crippen LogP contribution in [-0.4, -0.2) is 59.5 Å². The summed E-state index contributed by atoms with van der Waals surface area (Å²) in [6.07, 6.45) is 2.00. The molecule has 0 spiro atoms. The van der Waals surface area contributed by atoms with E-state index in [1.165, 1.54) is 0 Å². The van der Waals surface area contributed by atoms with E-state index in [4.69, 9.17) is 10.5 Å². The number of hydrogen-bond donors (Lipinski definition) is 5. The van der Waals surface area contributed by atoms with E-state index in [0.29, 0.717) is 34.7 Å². The average molecular weight is 765 g/mol. The van der Waals surface area contributed by atoms with Gasteiger partial charge in [0.25, 0.3) is 0 Å². The van der Waals surface area contributed by atoms with Crippen LogP contribution in [0, 0.1) is 20.8 Å². The summed E-state index contributed by atoms with van der Waals surface area (Å²) in [7, 11) is -6.91. The molecule has 0 fully saturated rings. The molecule has 0 saturated heterocycles. The smallest absolute Gasteiger partial charge is 0.241 e. The Kier molecular flexibility index (Phi) is 12.6. The number of rotatable bonds is 11. The van der Waals surface area contributed by atoms with Crippen LogP contribution in [0.3, 0.4) is 0 Å². The van der Waals surface area contributed by atoms with Gasteiger partial charge in [-0.05, 0) is 67.0 Å². The maximum absolute atomic E-state index is 14.0. The third kappa shape index (κ3) is 9.32. The summed E-state index contributed by atoms with van der Waals surface area (Å²) >= 11 is 0. The van der Waals surface area contributed by atoms with E-state index < -0.39 is 31.6 Å². The van der Waals surface area contributed by atoms with Crippen molar-refractivity contribution in [1.82, 2.24) is 9.44 Å². The van der Waals surface area contributed by atoms with Crippen LogP contribution in [0.15, 0.2) is 65.6 Å². The van der Waals surface area contributed by atoms with Crippen molar-refractivity contribution >= 4 is 48.7 Å². The quantitative estimate of drug-likeness (QED) is 0.0994. The highest BCUT2D eigenvalue weighted by atomic mass is 32.2. The molecule has 0 aliphatic heterocycles. The molecule has 53 heavy (non-hydrogen) atoms. The van der Waals surface area contributed by atoms with Gasteiger partial charge in [0.1, 0.15) is 5.75 Å². The van der Waals surface area contributed by atoms with Crippen molar-refractivity contribution in [2.45, 2.75) is 65.2 Å². The highest BCUT2D eigenvalue weighted by Gasteiger charge is 2.36. The van der Waals surface area contributed by atoms with Gasteiger partial charge in [-0.3, -0.25) is 9.59 Å². The molecule has 4 aromatic rings. The Hall–Kier alpha value is -4.60. The standard InChI is InChI=1S/C35H37N3O6S.C4H11NO2S/c1-19-17-20(2)34(45(42,43)37-15-16-39)21(3)31(19)38-26-18-27(44-23-13-11-22(12-14-23)35(4,5)6)30(36)29-28(26)32(40)24-9-7-8-10-25(24)33(29)41;1-3-4-5-8(2,6)7/h7-14,17-18,37-39H,15-16,36H2,1-6H3;5H,3-4H2,1-2H3. The molecule has 5 rings (SSSR count). The third-order valence-electron chi connectivity index (χ3n) is 8.60. The van der Waals surface area contributed by atoms with Gasteiger partial charge >= 0.3 is 0 Å². The zero-order chi connectivity index (χ0) is 39.5. The Morgan fingerprint density at radius 3 is 1.91 bits per heavy atom. The van der Waals surface area contributed by atoms with Crippen LogP contribution in [0.25, 0.3) is 0 Å². The molecule has 0 heterocycles. The van der Waals surface area contributed by atoms with Gasteiger partial charge in [0, 0.05) is 36.0 Å². The number of benzene rings is 4. The van der Waals surface area contributed by atoms with Crippen molar-refractivity contribution in [2.24, 2.45) is 0 Å². The fourth-order valence-corrected chi connectivity index (χ4v) is 8.14. The lowest BCUT2D eigenvalue weighted by molar-refractivity contribution is 0.0980. The first-order valence-corrected chi connectivity index (χ1v) is 20.5. The van der Waals surface area contributed by atoms with Gasteiger partial charge in [0.15, 0.2) is 17.3 Å². The second kappa shape index (κ2) is 16.2. The van der Waals surface area contributed by atoms with Crippen molar-refractivity contribution < 1.29 is 36.3 Å². The van der Waals surface area contributed by atoms with Crippen molar-refractivity contribution in [3.63, 3.8) is 0 Å². The maximum Gasteiger partial charge on any atom is 0.241 e. The van der Waals surface area contributed by atoms with E-state index in [2.05, 4.69) is 35.5 Å². The molecule has 0 unspecified atom stereocenters. The van der Waals surface area contributed by atoms with Crippen LogP contribution in [0.5, 0.6) is 11.5 Å². The number of sulfonamides is 2. The van der Waals surface area contributed by atoms with Gasteiger partial charge in [-0.2, -0.15) is 0 Å². The number of ether oxygens (including phenoxy) is 1. The number of aliphatic hydroxyl groups excluding tert-OH is 1. The second-order valence-electron chi connectivity index (χ2n) is 13.9. The molecule has 0 aromatic heterocycles. The lowest BCUT2D eigenvalue weighted by Gasteiger charge is -2.26. The summed E-state index contributed by atoms with van der Waals surface area (Å²) in [6, 6.07) is 17.4. The number of nitrogens with one attached hydrogen (secondary N) is 3. The van der Waals surface area contributed by atoms with Crippen LogP contribution >= 0.6 is 0 Å². The van der Waals surface area contributed by atoms with Gasteiger partial charge in [0.05, 0.1) is 40.3 Å². The third-order valence-corrected chi connectivity index (χ3v) is 11.1. The van der Waals surface area contributed by atoms with Crippen molar-refractivity contribution in [3.05, 3.63) is 105 Å². The monoisotopic (exact) mass is 764 g/mol. The first-order valence-electron chi connectivity index (χ1n) is 17.1. The Balaban J connectivity index is 0.000000703. The van der Waals surface area contributed by atoms with Crippen molar-refractivity contribution in [3.8, 4) is 11.5 Å². The lowest BCUT2D eigenvalue weighted by atomic mass is 9.82. The first-order chi connectivity index (χ1) is 24.7. The maximum atomic E-state index is 14.0. The largest absolute Gasteiger partial charge is 0.455 e. The normalized spacial score (nSPS) is 12.8. The molecule has 0 amide bonds. The van der Waals surface area contributed by atoms with Crippen LogP contribution in [0.1, 0.15) is 88.2 Å². The zero-order valence-corrected chi connectivity index (χ0v) is 32.9. The summed E-state index contributed by atoms with van der Waals surface area (Å²) in [4.78, 5) is 27.9. The van der Waals surface area contributed by atoms with E-state index in [0.717, 1.165) is 18.2 Å². The molecule has 4 aromatic carbocycles. The summed E-state index contributed by atoms with van der Waals surface area (Å²) in [6.45, 7) is 13.5. The fourth-order valence-electron chi connectivity index (χ4n) is 6.07. The number of aryl methyl sites for hydroxylation is 2. The van der Waals surface area contributed by atoms with Crippen LogP contribution in [0.4, 0.5) is 17.1 Å². The van der Waals surface area contributed by atoms with E-state index in [1.54, 1.807) is 50.2 Å². The number of carbonyl (C=O) groups excluding carboxylic acids is 2. The van der Waals surface area contributed by atoms with Gasteiger partial charge in [-0.15, -0.1) is 0 Å². The number of hydrogen-bond acceptors (Lipinski definition) is 10. The highest BCUT2D eigenvalue weighted by Crippen LogP contribution is 2.44. The first kappa shape index (κ1) is 41.2. The predicted molar refractivity (Wildman–Crippen MR) is 209 cm³/mol. The molecule has 0 bridgehead atoms. The topological polar surface area (TPSA) is 194 Å². The van der Waals surface area contributed by atoms with Crippen LogP contribution in [0.2, 0.25) is 0 Å². The Labute approximate surface area is 312 Å². The number of carbonyl (C=O) groups is 2. The number of anilines is 3. The number of ketones is 2. The summed E-state index contributed by atoms with van der Waals surface area (Å²) in [5.74, 6) is -0.153. The minimum atomic E-state index is -3.98. The zero-order valence-electron chi connectivity index (χ0n) is 31.3. The minimum absolute atomic E-state index is 0.0184. The Bertz CT molecular complexity index is 2260. The minimum Gasteiger partial charge on any atom is -0.455 e. The van der Waals surface area contributed by atoms with Gasteiger partial charge in [-0.25, -0.2) is 26.3 Å². The SMILES string of the molecule is CCCNS(C)(=O)=O.Cc1cc(C)c(S(=O)(=O)NCCO)c(C)c1Nc1cc(Oc2ccc(C(C)(C)C)cc2)c(N)c2c1C(=O)c1ccccc1C2=O. The summed E-state index contributed by atoms with van der Waals surface area (Å²) in [5, 5.41) is 12.5. The molecule has 1 aliphatic carbocycles. The summed E-state index contributed by atoms with van der Waals surface area (Å²) in [5.41, 5.74) is 10.6. The predicted octanol–water partition coefficient (Wildman–Crippen LogP) is 6.02. The molecular weight excluding hydrogens is 717 g/mol. The van der Waals surface area contributed by atoms with E-state index >= 15 is 0 Å². The molecule has 0 radical (unpaired) electrons. The van der Waals surface area contributed by atoms with E-state index in [9.17, 15) is 31.5 Å². The average Bonchev–Trinajstić information content (AvgIpc) is 3.08. The molecule has 12 nitrogen and oxygen atoms in total. The summed E-state index contributed by atoms with van der Waals surface area (Å²) < 4.78 is 58.0. The molecule has 6 N–H and O–H groups in total. The molecule has 14 heteroatoms. The Morgan fingerprint density at radius 2 is 1.40 bits per heavy atom. The number of nitrogens with two attached hydrogens (primary N) is 1. The van der Waals surface area contributed by atoms with Gasteiger partial charge in [0.2, 0.25) is 20.0 Å². The van der Waals surface area contributed by atoms with Crippen molar-refractivity contribution in [2.75, 3.05) is 37.0 Å².